The molecule has 1 aliphatic rings. The smallest absolute Gasteiger partial charge is 0.128 e. The Morgan fingerprint density at radius 3 is 3.18 bits per heavy atom. The SMILES string of the molecule is CN1CCn2c(Cl)cnc2C1. The number of fused-ring (bicyclic) bond motifs is 1. The zero-order valence-electron chi connectivity index (χ0n) is 6.42. The average molecular weight is 172 g/mol. The van der Waals surface area contributed by atoms with Gasteiger partial charge in [0.1, 0.15) is 11.0 Å². The summed E-state index contributed by atoms with van der Waals surface area (Å²) < 4.78 is 2.06. The van der Waals surface area contributed by atoms with Crippen LogP contribution in [0.25, 0.3) is 0 Å². The van der Waals surface area contributed by atoms with Crippen LogP contribution < -0.4 is 0 Å². The van der Waals surface area contributed by atoms with E-state index in [0.29, 0.717) is 0 Å². The van der Waals surface area contributed by atoms with Gasteiger partial charge in [0.15, 0.2) is 0 Å². The zero-order valence-corrected chi connectivity index (χ0v) is 7.17. The van der Waals surface area contributed by atoms with Crippen molar-refractivity contribution in [2.24, 2.45) is 0 Å². The van der Waals surface area contributed by atoms with Gasteiger partial charge >= 0.3 is 0 Å². The van der Waals surface area contributed by atoms with Crippen molar-refractivity contribution in [3.05, 3.63) is 17.2 Å². The lowest BCUT2D eigenvalue weighted by Gasteiger charge is -2.23. The summed E-state index contributed by atoms with van der Waals surface area (Å²) in [6.45, 7) is 2.93. The molecule has 60 valence electrons. The Bertz CT molecular complexity index is 269. The highest BCUT2D eigenvalue weighted by Crippen LogP contribution is 2.16. The van der Waals surface area contributed by atoms with Crippen LogP contribution in [0, 0.1) is 0 Å². The molecule has 0 bridgehead atoms. The van der Waals surface area contributed by atoms with E-state index in [-0.39, 0.29) is 0 Å². The fourth-order valence-corrected chi connectivity index (χ4v) is 1.57. The Labute approximate surface area is 70.6 Å². The predicted octanol–water partition coefficient (Wildman–Crippen LogP) is 0.982. The van der Waals surface area contributed by atoms with Gasteiger partial charge in [-0.2, -0.15) is 0 Å². The molecule has 0 spiro atoms. The standard InChI is InChI=1S/C7H10ClN3/c1-10-2-3-11-6(8)4-9-7(11)5-10/h4H,2-3,5H2,1H3. The minimum absolute atomic E-state index is 0.758. The molecular weight excluding hydrogens is 162 g/mol. The lowest BCUT2D eigenvalue weighted by molar-refractivity contribution is 0.265. The summed E-state index contributed by atoms with van der Waals surface area (Å²) in [5.41, 5.74) is 0. The molecular formula is C7H10ClN3. The molecule has 0 aromatic carbocycles. The van der Waals surface area contributed by atoms with Crippen molar-refractivity contribution in [2.45, 2.75) is 13.1 Å². The van der Waals surface area contributed by atoms with Crippen LogP contribution in [0.1, 0.15) is 5.82 Å². The first-order chi connectivity index (χ1) is 5.27. The molecule has 0 amide bonds. The van der Waals surface area contributed by atoms with Crippen molar-refractivity contribution in [3.63, 3.8) is 0 Å². The van der Waals surface area contributed by atoms with E-state index in [1.54, 1.807) is 6.20 Å². The molecule has 0 unspecified atom stereocenters. The number of rotatable bonds is 0. The molecule has 0 saturated heterocycles. The van der Waals surface area contributed by atoms with Crippen molar-refractivity contribution < 1.29 is 0 Å². The van der Waals surface area contributed by atoms with Crippen LogP contribution >= 0.6 is 11.6 Å². The summed E-state index contributed by atoms with van der Waals surface area (Å²) in [6, 6.07) is 0. The third kappa shape index (κ3) is 1.14. The minimum atomic E-state index is 0.758. The topological polar surface area (TPSA) is 21.1 Å². The largest absolute Gasteiger partial charge is 0.317 e. The third-order valence-electron chi connectivity index (χ3n) is 2.01. The normalized spacial score (nSPS) is 18.4. The van der Waals surface area contributed by atoms with Gasteiger partial charge in [-0.25, -0.2) is 4.98 Å². The maximum absolute atomic E-state index is 5.89. The van der Waals surface area contributed by atoms with Crippen LogP contribution in [0.2, 0.25) is 5.15 Å². The summed E-state index contributed by atoms with van der Waals surface area (Å²) >= 11 is 5.89. The summed E-state index contributed by atoms with van der Waals surface area (Å²) in [5, 5.41) is 0.758. The first kappa shape index (κ1) is 7.13. The second-order valence-corrected chi connectivity index (χ2v) is 3.27. The average Bonchev–Trinajstić information content (AvgIpc) is 2.32. The zero-order chi connectivity index (χ0) is 7.84. The maximum atomic E-state index is 5.89. The van der Waals surface area contributed by atoms with E-state index in [4.69, 9.17) is 11.6 Å². The predicted molar refractivity (Wildman–Crippen MR) is 43.6 cm³/mol. The number of likely N-dealkylation sites (N-methyl/N-ethyl adjacent to an activating group) is 1. The van der Waals surface area contributed by atoms with Crippen LogP contribution in [0.5, 0.6) is 0 Å². The van der Waals surface area contributed by atoms with Gasteiger partial charge in [-0.3, -0.25) is 4.90 Å². The van der Waals surface area contributed by atoms with E-state index in [9.17, 15) is 0 Å². The Kier molecular flexibility index (Phi) is 1.62. The first-order valence-corrected chi connectivity index (χ1v) is 4.03. The minimum Gasteiger partial charge on any atom is -0.317 e. The van der Waals surface area contributed by atoms with Crippen molar-refractivity contribution in [2.75, 3.05) is 13.6 Å². The van der Waals surface area contributed by atoms with E-state index < -0.39 is 0 Å². The van der Waals surface area contributed by atoms with E-state index in [0.717, 1.165) is 30.6 Å². The molecule has 4 heteroatoms. The lowest BCUT2D eigenvalue weighted by Crippen LogP contribution is -2.30. The summed E-state index contributed by atoms with van der Waals surface area (Å²) in [5.74, 6) is 1.07. The van der Waals surface area contributed by atoms with Crippen LogP contribution in [0.3, 0.4) is 0 Å². The van der Waals surface area contributed by atoms with Gasteiger partial charge in [-0.05, 0) is 7.05 Å². The molecule has 0 saturated carbocycles. The molecule has 0 aliphatic carbocycles. The molecule has 1 aliphatic heterocycles. The van der Waals surface area contributed by atoms with Crippen LogP contribution in [0.4, 0.5) is 0 Å². The van der Waals surface area contributed by atoms with Gasteiger partial charge in [0.25, 0.3) is 0 Å². The molecule has 1 aromatic heterocycles. The van der Waals surface area contributed by atoms with Gasteiger partial charge in [0, 0.05) is 13.1 Å². The Balaban J connectivity index is 2.36. The maximum Gasteiger partial charge on any atom is 0.128 e. The molecule has 1 aromatic rings. The van der Waals surface area contributed by atoms with Crippen LogP contribution in [-0.2, 0) is 13.1 Å². The number of halogens is 1. The van der Waals surface area contributed by atoms with E-state index in [2.05, 4.69) is 21.5 Å². The van der Waals surface area contributed by atoms with Gasteiger partial charge in [-0.1, -0.05) is 11.6 Å². The van der Waals surface area contributed by atoms with Gasteiger partial charge in [-0.15, -0.1) is 0 Å². The van der Waals surface area contributed by atoms with Crippen LogP contribution in [-0.4, -0.2) is 28.0 Å². The van der Waals surface area contributed by atoms with Gasteiger partial charge < -0.3 is 4.57 Å². The molecule has 2 rings (SSSR count). The van der Waals surface area contributed by atoms with Crippen molar-refractivity contribution >= 4 is 11.6 Å². The van der Waals surface area contributed by atoms with E-state index in [1.165, 1.54) is 0 Å². The summed E-state index contributed by atoms with van der Waals surface area (Å²) in [7, 11) is 2.09. The summed E-state index contributed by atoms with van der Waals surface area (Å²) in [4.78, 5) is 6.43. The molecule has 0 N–H and O–H groups in total. The second kappa shape index (κ2) is 2.50. The quantitative estimate of drug-likeness (QED) is 0.581. The van der Waals surface area contributed by atoms with E-state index >= 15 is 0 Å². The van der Waals surface area contributed by atoms with Crippen LogP contribution in [0.15, 0.2) is 6.20 Å². The van der Waals surface area contributed by atoms with Crippen molar-refractivity contribution in [1.82, 2.24) is 14.5 Å². The number of hydrogen-bond donors (Lipinski definition) is 0. The highest BCUT2D eigenvalue weighted by molar-refractivity contribution is 6.29. The third-order valence-corrected chi connectivity index (χ3v) is 2.31. The number of imidazole rings is 1. The number of nitrogens with zero attached hydrogens (tertiary/aromatic N) is 3. The Hall–Kier alpha value is -0.540. The molecule has 0 atom stereocenters. The van der Waals surface area contributed by atoms with Crippen molar-refractivity contribution in [1.29, 1.82) is 0 Å². The summed E-state index contributed by atoms with van der Waals surface area (Å²) in [6.07, 6.45) is 1.72. The Morgan fingerprint density at radius 2 is 2.36 bits per heavy atom. The first-order valence-electron chi connectivity index (χ1n) is 3.66. The molecule has 0 radical (unpaired) electrons. The highest BCUT2D eigenvalue weighted by Gasteiger charge is 2.15. The van der Waals surface area contributed by atoms with Gasteiger partial charge in [0.2, 0.25) is 0 Å². The number of hydrogen-bond acceptors (Lipinski definition) is 2. The monoisotopic (exact) mass is 171 g/mol. The molecule has 11 heavy (non-hydrogen) atoms. The van der Waals surface area contributed by atoms with Crippen molar-refractivity contribution in [3.8, 4) is 0 Å². The number of aromatic nitrogens is 2. The fraction of sp³-hybridized carbons (Fsp3) is 0.571. The second-order valence-electron chi connectivity index (χ2n) is 2.89. The fourth-order valence-electron chi connectivity index (χ4n) is 1.34. The molecule has 3 nitrogen and oxygen atoms in total. The Morgan fingerprint density at radius 1 is 1.55 bits per heavy atom. The molecule has 0 fully saturated rings. The molecule has 2 heterocycles. The van der Waals surface area contributed by atoms with Gasteiger partial charge in [0.05, 0.1) is 12.7 Å². The lowest BCUT2D eigenvalue weighted by atomic mass is 10.4. The van der Waals surface area contributed by atoms with E-state index in [1.807, 2.05) is 0 Å². The highest BCUT2D eigenvalue weighted by atomic mass is 35.5.